The molecule has 3 heteroatoms. The molecule has 0 N–H and O–H groups in total. The summed E-state index contributed by atoms with van der Waals surface area (Å²) in [6, 6.07) is 29.3. The summed E-state index contributed by atoms with van der Waals surface area (Å²) in [6.07, 6.45) is 1.88. The largest absolute Gasteiger partial charge is 0.478 e. The molecule has 0 aliphatic heterocycles. The number of nitrogens with zero attached hydrogens (tertiary/aromatic N) is 2. The Hall–Kier alpha value is -3.59. The average Bonchev–Trinajstić information content (AvgIpc) is 3.10. The molecule has 136 valence electrons. The number of para-hydroxylation sites is 1. The summed E-state index contributed by atoms with van der Waals surface area (Å²) in [5, 5.41) is 1.12. The van der Waals surface area contributed by atoms with Gasteiger partial charge in [0.1, 0.15) is 6.33 Å². The molecule has 0 spiro atoms. The van der Waals surface area contributed by atoms with E-state index in [2.05, 4.69) is 76.1 Å². The lowest BCUT2D eigenvalue weighted by atomic mass is 9.96. The summed E-state index contributed by atoms with van der Waals surface area (Å²) >= 11 is 0. The normalized spacial score (nSPS) is 11.2. The molecule has 2 aromatic heterocycles. The van der Waals surface area contributed by atoms with Crippen molar-refractivity contribution in [2.45, 2.75) is 6.92 Å². The van der Waals surface area contributed by atoms with Crippen molar-refractivity contribution in [2.24, 2.45) is 0 Å². The van der Waals surface area contributed by atoms with E-state index >= 15 is 0 Å². The zero-order valence-corrected chi connectivity index (χ0v) is 15.7. The number of rotatable bonds is 4. The second-order valence-corrected chi connectivity index (χ2v) is 6.70. The van der Waals surface area contributed by atoms with Gasteiger partial charge in [-0.05, 0) is 24.1 Å². The first-order valence-electron chi connectivity index (χ1n) is 9.54. The molecule has 2 heterocycles. The zero-order chi connectivity index (χ0) is 18.9. The Labute approximate surface area is 163 Å². The maximum Gasteiger partial charge on any atom is 0.208 e. The lowest BCUT2D eigenvalue weighted by molar-refractivity contribution is 0.325. The summed E-state index contributed by atoms with van der Waals surface area (Å²) in [5.41, 5.74) is 6.69. The van der Waals surface area contributed by atoms with E-state index in [1.165, 1.54) is 11.1 Å². The van der Waals surface area contributed by atoms with Crippen LogP contribution in [-0.2, 0) is 0 Å². The summed E-state index contributed by atoms with van der Waals surface area (Å²) < 4.78 is 8.27. The number of benzene rings is 3. The van der Waals surface area contributed by atoms with Crippen molar-refractivity contribution >= 4 is 16.4 Å². The molecule has 0 saturated carbocycles. The number of ether oxygens (including phenoxy) is 1. The number of hydrogen-bond acceptors (Lipinski definition) is 2. The molecular formula is C25H20N2O. The van der Waals surface area contributed by atoms with Crippen LogP contribution in [0.15, 0.2) is 91.3 Å². The minimum Gasteiger partial charge on any atom is -0.478 e. The predicted molar refractivity (Wildman–Crippen MR) is 115 cm³/mol. The number of aromatic nitrogens is 2. The molecule has 0 radical (unpaired) electrons. The molecule has 0 aliphatic rings. The van der Waals surface area contributed by atoms with Crippen molar-refractivity contribution in [3.05, 3.63) is 91.3 Å². The van der Waals surface area contributed by atoms with Crippen LogP contribution in [0.1, 0.15) is 6.92 Å². The van der Waals surface area contributed by atoms with Crippen LogP contribution in [0.3, 0.4) is 0 Å². The van der Waals surface area contributed by atoms with E-state index < -0.39 is 0 Å². The fraction of sp³-hybridized carbons (Fsp3) is 0.0800. The Morgan fingerprint density at radius 3 is 2.04 bits per heavy atom. The van der Waals surface area contributed by atoms with Crippen molar-refractivity contribution < 1.29 is 4.74 Å². The minimum absolute atomic E-state index is 0.590. The molecular weight excluding hydrogens is 344 g/mol. The molecule has 0 fully saturated rings. The highest BCUT2D eigenvalue weighted by Crippen LogP contribution is 2.46. The van der Waals surface area contributed by atoms with Gasteiger partial charge in [0.25, 0.3) is 0 Å². The fourth-order valence-electron chi connectivity index (χ4n) is 3.89. The molecule has 0 aliphatic carbocycles. The Morgan fingerprint density at radius 1 is 0.750 bits per heavy atom. The van der Waals surface area contributed by atoms with Crippen LogP contribution < -0.4 is 4.74 Å². The van der Waals surface area contributed by atoms with Crippen LogP contribution in [0.5, 0.6) is 5.88 Å². The predicted octanol–water partition coefficient (Wildman–Crippen LogP) is 6.22. The van der Waals surface area contributed by atoms with Gasteiger partial charge >= 0.3 is 0 Å². The van der Waals surface area contributed by atoms with Crippen LogP contribution in [0.4, 0.5) is 0 Å². The fourth-order valence-corrected chi connectivity index (χ4v) is 3.89. The van der Waals surface area contributed by atoms with E-state index in [1.54, 1.807) is 0 Å². The van der Waals surface area contributed by atoms with Gasteiger partial charge in [0.05, 0.1) is 23.2 Å². The quantitative estimate of drug-likeness (QED) is 0.378. The molecule has 3 aromatic carbocycles. The Balaban J connectivity index is 2.01. The monoisotopic (exact) mass is 364 g/mol. The number of hydrogen-bond donors (Lipinski definition) is 0. The van der Waals surface area contributed by atoms with Crippen LogP contribution >= 0.6 is 0 Å². The molecule has 5 aromatic rings. The third kappa shape index (κ3) is 2.55. The second kappa shape index (κ2) is 6.86. The molecule has 0 saturated heterocycles. The molecule has 5 rings (SSSR count). The lowest BCUT2D eigenvalue weighted by Crippen LogP contribution is -1.98. The maximum absolute atomic E-state index is 6.18. The van der Waals surface area contributed by atoms with Gasteiger partial charge in [-0.3, -0.25) is 4.40 Å². The highest BCUT2D eigenvalue weighted by molar-refractivity contribution is 6.08. The molecule has 3 nitrogen and oxygen atoms in total. The van der Waals surface area contributed by atoms with E-state index in [4.69, 9.17) is 4.74 Å². The van der Waals surface area contributed by atoms with Gasteiger partial charge < -0.3 is 4.74 Å². The van der Waals surface area contributed by atoms with Gasteiger partial charge in [0.2, 0.25) is 5.88 Å². The zero-order valence-electron chi connectivity index (χ0n) is 15.7. The summed E-state index contributed by atoms with van der Waals surface area (Å²) in [7, 11) is 0. The number of fused-ring (bicyclic) bond motifs is 3. The molecule has 28 heavy (non-hydrogen) atoms. The minimum atomic E-state index is 0.590. The lowest BCUT2D eigenvalue weighted by Gasteiger charge is -2.09. The second-order valence-electron chi connectivity index (χ2n) is 6.70. The van der Waals surface area contributed by atoms with Crippen molar-refractivity contribution in [1.82, 2.24) is 9.38 Å². The van der Waals surface area contributed by atoms with Crippen molar-refractivity contribution in [1.29, 1.82) is 0 Å². The van der Waals surface area contributed by atoms with E-state index in [-0.39, 0.29) is 0 Å². The first-order valence-corrected chi connectivity index (χ1v) is 9.54. The standard InChI is InChI=1S/C25H20N2O/c1-2-28-25-23(19-13-7-4-8-14-19)22(18-11-5-3-6-12-18)24-20-15-9-10-16-21(20)26-17-27(24)25/h3-17H,2H2,1H3. The summed E-state index contributed by atoms with van der Waals surface area (Å²) in [6.45, 7) is 2.61. The van der Waals surface area contributed by atoms with E-state index in [9.17, 15) is 0 Å². The van der Waals surface area contributed by atoms with Crippen molar-refractivity contribution in [2.75, 3.05) is 6.61 Å². The maximum atomic E-state index is 6.18. The van der Waals surface area contributed by atoms with Gasteiger partial charge in [-0.2, -0.15) is 0 Å². The smallest absolute Gasteiger partial charge is 0.208 e. The Kier molecular flexibility index (Phi) is 4.06. The molecule has 0 atom stereocenters. The van der Waals surface area contributed by atoms with E-state index in [1.807, 2.05) is 31.5 Å². The van der Waals surface area contributed by atoms with Gasteiger partial charge in [-0.1, -0.05) is 78.9 Å². The van der Waals surface area contributed by atoms with Gasteiger partial charge in [-0.25, -0.2) is 4.98 Å². The molecule has 0 bridgehead atoms. The van der Waals surface area contributed by atoms with Crippen LogP contribution in [0.25, 0.3) is 38.7 Å². The summed E-state index contributed by atoms with van der Waals surface area (Å²) in [4.78, 5) is 4.68. The molecule has 0 unspecified atom stereocenters. The summed E-state index contributed by atoms with van der Waals surface area (Å²) in [5.74, 6) is 0.834. The average molecular weight is 364 g/mol. The van der Waals surface area contributed by atoms with Gasteiger partial charge in [-0.15, -0.1) is 0 Å². The van der Waals surface area contributed by atoms with Gasteiger partial charge in [0.15, 0.2) is 0 Å². The van der Waals surface area contributed by atoms with Crippen molar-refractivity contribution in [3.63, 3.8) is 0 Å². The Morgan fingerprint density at radius 2 is 1.36 bits per heavy atom. The highest BCUT2D eigenvalue weighted by Gasteiger charge is 2.23. The first-order chi connectivity index (χ1) is 13.9. The van der Waals surface area contributed by atoms with Crippen LogP contribution in [-0.4, -0.2) is 16.0 Å². The third-order valence-electron chi connectivity index (χ3n) is 5.04. The van der Waals surface area contributed by atoms with E-state index in [0.717, 1.165) is 33.4 Å². The topological polar surface area (TPSA) is 26.5 Å². The highest BCUT2D eigenvalue weighted by atomic mass is 16.5. The van der Waals surface area contributed by atoms with Gasteiger partial charge in [0, 0.05) is 10.9 Å². The van der Waals surface area contributed by atoms with Crippen LogP contribution in [0.2, 0.25) is 0 Å². The van der Waals surface area contributed by atoms with Crippen LogP contribution in [0, 0.1) is 0 Å². The van der Waals surface area contributed by atoms with E-state index in [0.29, 0.717) is 6.61 Å². The Bertz CT molecular complexity index is 1260. The van der Waals surface area contributed by atoms with Crippen molar-refractivity contribution in [3.8, 4) is 28.1 Å². The SMILES string of the molecule is CCOc1c(-c2ccccc2)c(-c2ccccc2)c2c3ccccc3ncn12. The third-order valence-corrected chi connectivity index (χ3v) is 5.04. The molecule has 0 amide bonds. The first kappa shape index (κ1) is 16.6.